The number of benzene rings is 2. The van der Waals surface area contributed by atoms with Gasteiger partial charge in [0.25, 0.3) is 5.91 Å². The summed E-state index contributed by atoms with van der Waals surface area (Å²) in [6, 6.07) is 17.2. The van der Waals surface area contributed by atoms with E-state index < -0.39 is 28.6 Å². The van der Waals surface area contributed by atoms with Gasteiger partial charge in [0.05, 0.1) is 0 Å². The molecule has 0 bridgehead atoms. The van der Waals surface area contributed by atoms with Gasteiger partial charge >= 0.3 is 12.1 Å². The lowest BCUT2D eigenvalue weighted by Crippen LogP contribution is -2.27. The summed E-state index contributed by atoms with van der Waals surface area (Å²) in [5.41, 5.74) is 0.0228. The Kier molecular flexibility index (Phi) is 5.84. The summed E-state index contributed by atoms with van der Waals surface area (Å²) in [5.74, 6) is -2.13. The van der Waals surface area contributed by atoms with Gasteiger partial charge in [0, 0.05) is 16.0 Å². The first-order chi connectivity index (χ1) is 13.8. The van der Waals surface area contributed by atoms with E-state index in [2.05, 4.69) is 5.32 Å². The molecule has 0 aliphatic heterocycles. The van der Waals surface area contributed by atoms with Crippen LogP contribution in [0.4, 0.5) is 13.2 Å². The SMILES string of the molecule is O=C(O)C(=Cc1cc(-c2ccccc2)c(C(F)(F)F)s1)NC(=O)c1ccccc1. The molecule has 4 nitrogen and oxygen atoms in total. The van der Waals surface area contributed by atoms with Crippen LogP contribution in [0.2, 0.25) is 0 Å². The lowest BCUT2D eigenvalue weighted by molar-refractivity contribution is -0.134. The summed E-state index contributed by atoms with van der Waals surface area (Å²) in [7, 11) is 0. The second kappa shape index (κ2) is 8.32. The first-order valence-corrected chi connectivity index (χ1v) is 9.15. The molecule has 3 aromatic rings. The quantitative estimate of drug-likeness (QED) is 0.555. The number of amides is 1. The van der Waals surface area contributed by atoms with Crippen LogP contribution < -0.4 is 5.32 Å². The van der Waals surface area contributed by atoms with Crippen molar-refractivity contribution in [2.75, 3.05) is 0 Å². The zero-order valence-corrected chi connectivity index (χ0v) is 15.6. The minimum absolute atomic E-state index is 0.0477. The maximum absolute atomic E-state index is 13.5. The fourth-order valence-corrected chi connectivity index (χ4v) is 3.59. The Morgan fingerprint density at radius 3 is 2.10 bits per heavy atom. The van der Waals surface area contributed by atoms with E-state index in [1.165, 1.54) is 18.2 Å². The largest absolute Gasteiger partial charge is 0.477 e. The molecule has 1 heterocycles. The molecule has 0 fully saturated rings. The Hall–Kier alpha value is -3.39. The molecule has 2 aromatic carbocycles. The molecule has 0 saturated heterocycles. The first-order valence-electron chi connectivity index (χ1n) is 8.33. The molecule has 0 saturated carbocycles. The minimum atomic E-state index is -4.60. The molecule has 0 aliphatic rings. The van der Waals surface area contributed by atoms with Gasteiger partial charge in [-0.3, -0.25) is 4.79 Å². The second-order valence-corrected chi connectivity index (χ2v) is 7.02. The van der Waals surface area contributed by atoms with Gasteiger partial charge in [-0.2, -0.15) is 13.2 Å². The third kappa shape index (κ3) is 4.91. The number of carbonyl (C=O) groups excluding carboxylic acids is 1. The molecule has 3 rings (SSSR count). The van der Waals surface area contributed by atoms with Gasteiger partial charge in [-0.05, 0) is 29.8 Å². The lowest BCUT2D eigenvalue weighted by Gasteiger charge is -2.07. The van der Waals surface area contributed by atoms with Gasteiger partial charge in [-0.1, -0.05) is 48.5 Å². The van der Waals surface area contributed by atoms with Gasteiger partial charge < -0.3 is 10.4 Å². The molecule has 1 amide bonds. The Bertz CT molecular complexity index is 1060. The Balaban J connectivity index is 1.99. The summed E-state index contributed by atoms with van der Waals surface area (Å²) in [5, 5.41) is 11.6. The zero-order chi connectivity index (χ0) is 21.0. The van der Waals surface area contributed by atoms with Crippen molar-refractivity contribution >= 4 is 29.3 Å². The second-order valence-electron chi connectivity index (χ2n) is 5.94. The summed E-state index contributed by atoms with van der Waals surface area (Å²) >= 11 is 0.414. The van der Waals surface area contributed by atoms with E-state index in [-0.39, 0.29) is 16.0 Å². The standard InChI is InChI=1S/C21H14F3NO3S/c22-21(23,24)18-16(13-7-3-1-4-8-13)11-15(29-18)12-17(20(27)28)25-19(26)14-9-5-2-6-10-14/h1-12H,(H,25,26)(H,27,28). The molecule has 0 unspecified atom stereocenters. The van der Waals surface area contributed by atoms with Crippen LogP contribution in [0.25, 0.3) is 17.2 Å². The van der Waals surface area contributed by atoms with Crippen molar-refractivity contribution in [1.29, 1.82) is 0 Å². The molecule has 0 aliphatic carbocycles. The third-order valence-corrected chi connectivity index (χ3v) is 5.02. The minimum Gasteiger partial charge on any atom is -0.477 e. The average Bonchev–Trinajstić information content (AvgIpc) is 3.13. The maximum Gasteiger partial charge on any atom is 0.426 e. The fraction of sp³-hybridized carbons (Fsp3) is 0.0476. The number of carboxylic acid groups (broad SMARTS) is 1. The number of rotatable bonds is 5. The number of nitrogens with one attached hydrogen (secondary N) is 1. The van der Waals surface area contributed by atoms with Crippen molar-refractivity contribution in [2.24, 2.45) is 0 Å². The van der Waals surface area contributed by atoms with Gasteiger partial charge in [0.15, 0.2) is 0 Å². The number of carboxylic acids is 1. The summed E-state index contributed by atoms with van der Waals surface area (Å²) in [6.07, 6.45) is -3.58. The van der Waals surface area contributed by atoms with Crippen LogP contribution in [0.5, 0.6) is 0 Å². The summed E-state index contributed by atoms with van der Waals surface area (Å²) < 4.78 is 40.4. The van der Waals surface area contributed by atoms with Crippen LogP contribution >= 0.6 is 11.3 Å². The van der Waals surface area contributed by atoms with E-state index in [9.17, 15) is 27.9 Å². The number of alkyl halides is 3. The van der Waals surface area contributed by atoms with Crippen molar-refractivity contribution in [2.45, 2.75) is 6.18 Å². The fourth-order valence-electron chi connectivity index (χ4n) is 2.60. The highest BCUT2D eigenvalue weighted by atomic mass is 32.1. The summed E-state index contributed by atoms with van der Waals surface area (Å²) in [4.78, 5) is 23.0. The van der Waals surface area contributed by atoms with Crippen LogP contribution in [0.15, 0.2) is 72.4 Å². The van der Waals surface area contributed by atoms with Gasteiger partial charge in [0.2, 0.25) is 0 Å². The number of carbonyl (C=O) groups is 2. The number of hydrogen-bond acceptors (Lipinski definition) is 3. The van der Waals surface area contributed by atoms with Crippen molar-refractivity contribution in [3.05, 3.63) is 87.7 Å². The molecule has 2 N–H and O–H groups in total. The van der Waals surface area contributed by atoms with E-state index in [0.717, 1.165) is 6.08 Å². The molecular formula is C21H14F3NO3S. The van der Waals surface area contributed by atoms with Crippen molar-refractivity contribution < 1.29 is 27.9 Å². The Labute approximate surface area is 167 Å². The van der Waals surface area contributed by atoms with Gasteiger partial charge in [-0.25, -0.2) is 4.79 Å². The highest BCUT2D eigenvalue weighted by molar-refractivity contribution is 7.13. The number of thiophene rings is 1. The number of hydrogen-bond donors (Lipinski definition) is 2. The zero-order valence-electron chi connectivity index (χ0n) is 14.7. The number of halogens is 3. The molecule has 0 radical (unpaired) electrons. The normalized spacial score (nSPS) is 11.9. The van der Waals surface area contributed by atoms with E-state index in [4.69, 9.17) is 0 Å². The lowest BCUT2D eigenvalue weighted by atomic mass is 10.1. The third-order valence-electron chi connectivity index (χ3n) is 3.89. The smallest absolute Gasteiger partial charge is 0.426 e. The monoisotopic (exact) mass is 417 g/mol. The predicted molar refractivity (Wildman–Crippen MR) is 104 cm³/mol. The van der Waals surface area contributed by atoms with Crippen LogP contribution in [-0.4, -0.2) is 17.0 Å². The van der Waals surface area contributed by atoms with E-state index in [1.807, 2.05) is 0 Å². The molecule has 148 valence electrons. The summed E-state index contributed by atoms with van der Waals surface area (Å²) in [6.45, 7) is 0. The van der Waals surface area contributed by atoms with Gasteiger partial charge in [0.1, 0.15) is 10.6 Å². The van der Waals surface area contributed by atoms with E-state index >= 15 is 0 Å². The molecular weight excluding hydrogens is 403 g/mol. The Morgan fingerprint density at radius 1 is 0.966 bits per heavy atom. The van der Waals surface area contributed by atoms with Crippen molar-refractivity contribution in [3.8, 4) is 11.1 Å². The molecule has 0 spiro atoms. The Morgan fingerprint density at radius 2 is 1.55 bits per heavy atom. The predicted octanol–water partition coefficient (Wildman–Crippen LogP) is 5.29. The first kappa shape index (κ1) is 20.3. The van der Waals surface area contributed by atoms with E-state index in [0.29, 0.717) is 16.9 Å². The van der Waals surface area contributed by atoms with Gasteiger partial charge in [-0.15, -0.1) is 11.3 Å². The molecule has 0 atom stereocenters. The van der Waals surface area contributed by atoms with Crippen molar-refractivity contribution in [1.82, 2.24) is 5.32 Å². The highest BCUT2D eigenvalue weighted by Gasteiger charge is 2.36. The maximum atomic E-state index is 13.5. The average molecular weight is 417 g/mol. The highest BCUT2D eigenvalue weighted by Crippen LogP contribution is 2.43. The van der Waals surface area contributed by atoms with Crippen LogP contribution in [0.1, 0.15) is 20.1 Å². The molecule has 8 heteroatoms. The van der Waals surface area contributed by atoms with E-state index in [1.54, 1.807) is 48.5 Å². The van der Waals surface area contributed by atoms with Crippen LogP contribution in [0, 0.1) is 0 Å². The molecule has 29 heavy (non-hydrogen) atoms. The van der Waals surface area contributed by atoms with Crippen LogP contribution in [-0.2, 0) is 11.0 Å². The topological polar surface area (TPSA) is 66.4 Å². The molecule has 1 aromatic heterocycles. The number of aliphatic carboxylic acids is 1. The van der Waals surface area contributed by atoms with Crippen molar-refractivity contribution in [3.63, 3.8) is 0 Å². The van der Waals surface area contributed by atoms with Crippen LogP contribution in [0.3, 0.4) is 0 Å².